The molecule has 3 rings (SSSR count). The number of primary amides is 1. The molecule has 6 N–H and O–H groups in total. The Balaban J connectivity index is 1.92. The number of hydrogen-bond donors (Lipinski definition) is 4. The van der Waals surface area contributed by atoms with E-state index in [4.69, 9.17) is 11.5 Å². The first-order valence-corrected chi connectivity index (χ1v) is 10.2. The predicted octanol–water partition coefficient (Wildman–Crippen LogP) is 3.36. The van der Waals surface area contributed by atoms with Crippen LogP contribution in [0.5, 0.6) is 0 Å². The number of pyridine rings is 1. The molecule has 0 radical (unpaired) electrons. The standard InChI is InChI=1S/C21H28FN7O/c1-3-5-6-15(11-23)27-21-17(22)10-16(19(24)30)20(28-21)26-14-7-8-18-13(9-14)12-25-29(18)4-2/h7-10,12,15H,3-6,11,23H2,1-2H3,(H2,24,30)(H2,26,27,28)/t15-/m1/s1. The van der Waals surface area contributed by atoms with Crippen molar-refractivity contribution in [3.63, 3.8) is 0 Å². The first-order chi connectivity index (χ1) is 14.5. The molecule has 0 unspecified atom stereocenters. The normalized spacial score (nSPS) is 12.1. The summed E-state index contributed by atoms with van der Waals surface area (Å²) in [5.41, 5.74) is 12.9. The molecular formula is C21H28FN7O. The summed E-state index contributed by atoms with van der Waals surface area (Å²) in [4.78, 5) is 16.2. The van der Waals surface area contributed by atoms with Gasteiger partial charge >= 0.3 is 0 Å². The number of rotatable bonds is 10. The number of fused-ring (bicyclic) bond motifs is 1. The number of hydrogen-bond acceptors (Lipinski definition) is 6. The van der Waals surface area contributed by atoms with Crippen molar-refractivity contribution in [3.05, 3.63) is 41.8 Å². The van der Waals surface area contributed by atoms with Crippen molar-refractivity contribution in [2.75, 3.05) is 17.2 Å². The molecule has 0 saturated heterocycles. The van der Waals surface area contributed by atoms with E-state index in [1.165, 1.54) is 0 Å². The average Bonchev–Trinajstić information content (AvgIpc) is 3.15. The molecule has 1 atom stereocenters. The van der Waals surface area contributed by atoms with E-state index in [0.717, 1.165) is 42.8 Å². The second-order valence-corrected chi connectivity index (χ2v) is 7.16. The van der Waals surface area contributed by atoms with E-state index >= 15 is 0 Å². The highest BCUT2D eigenvalue weighted by molar-refractivity contribution is 5.99. The lowest BCUT2D eigenvalue weighted by molar-refractivity contribution is 0.100. The van der Waals surface area contributed by atoms with Gasteiger partial charge in [-0.3, -0.25) is 9.48 Å². The summed E-state index contributed by atoms with van der Waals surface area (Å²) in [7, 11) is 0. The van der Waals surface area contributed by atoms with Crippen molar-refractivity contribution in [1.29, 1.82) is 0 Å². The van der Waals surface area contributed by atoms with Crippen LogP contribution in [0.3, 0.4) is 0 Å². The number of halogens is 1. The van der Waals surface area contributed by atoms with Gasteiger partial charge in [-0.2, -0.15) is 5.10 Å². The van der Waals surface area contributed by atoms with Crippen LogP contribution in [0.4, 0.5) is 21.7 Å². The molecule has 0 saturated carbocycles. The Labute approximate surface area is 174 Å². The smallest absolute Gasteiger partial charge is 0.252 e. The van der Waals surface area contributed by atoms with Crippen LogP contribution in [-0.4, -0.2) is 33.3 Å². The number of nitrogens with one attached hydrogen (secondary N) is 2. The number of amides is 1. The summed E-state index contributed by atoms with van der Waals surface area (Å²) in [6.07, 6.45) is 4.54. The number of nitrogens with zero attached hydrogens (tertiary/aromatic N) is 3. The Kier molecular flexibility index (Phi) is 6.83. The fourth-order valence-corrected chi connectivity index (χ4v) is 3.32. The molecule has 2 aromatic heterocycles. The Bertz CT molecular complexity index is 1030. The number of aromatic nitrogens is 3. The molecule has 30 heavy (non-hydrogen) atoms. The monoisotopic (exact) mass is 413 g/mol. The van der Waals surface area contributed by atoms with Crippen LogP contribution in [0.25, 0.3) is 10.9 Å². The van der Waals surface area contributed by atoms with Crippen molar-refractivity contribution in [2.24, 2.45) is 11.5 Å². The van der Waals surface area contributed by atoms with Crippen LogP contribution < -0.4 is 22.1 Å². The molecule has 0 fully saturated rings. The summed E-state index contributed by atoms with van der Waals surface area (Å²) in [6.45, 7) is 5.21. The first kappa shape index (κ1) is 21.5. The number of nitrogens with two attached hydrogens (primary N) is 2. The van der Waals surface area contributed by atoms with Gasteiger partial charge in [-0.15, -0.1) is 0 Å². The number of benzene rings is 1. The van der Waals surface area contributed by atoms with E-state index in [2.05, 4.69) is 27.6 Å². The Morgan fingerprint density at radius 1 is 1.27 bits per heavy atom. The first-order valence-electron chi connectivity index (χ1n) is 10.2. The lowest BCUT2D eigenvalue weighted by Crippen LogP contribution is -2.30. The maximum Gasteiger partial charge on any atom is 0.252 e. The van der Waals surface area contributed by atoms with Gasteiger partial charge in [0.25, 0.3) is 5.91 Å². The highest BCUT2D eigenvalue weighted by Gasteiger charge is 2.18. The molecule has 160 valence electrons. The predicted molar refractivity (Wildman–Crippen MR) is 117 cm³/mol. The molecule has 0 aliphatic heterocycles. The van der Waals surface area contributed by atoms with Crippen molar-refractivity contribution < 1.29 is 9.18 Å². The molecule has 0 spiro atoms. The molecule has 3 aromatic rings. The zero-order valence-corrected chi connectivity index (χ0v) is 17.3. The maximum atomic E-state index is 14.6. The number of carbonyl (C=O) groups excluding carboxylic acids is 1. The zero-order valence-electron chi connectivity index (χ0n) is 17.3. The van der Waals surface area contributed by atoms with Gasteiger partial charge in [-0.1, -0.05) is 19.8 Å². The lowest BCUT2D eigenvalue weighted by Gasteiger charge is -2.19. The SMILES string of the molecule is CCCC[C@H](CN)Nc1nc(Nc2ccc3c(cnn3CC)c2)c(C(N)=O)cc1F. The third kappa shape index (κ3) is 4.68. The maximum absolute atomic E-state index is 14.6. The van der Waals surface area contributed by atoms with Gasteiger partial charge in [0.2, 0.25) is 0 Å². The second kappa shape index (κ2) is 9.53. The summed E-state index contributed by atoms with van der Waals surface area (Å²) >= 11 is 0. The van der Waals surface area contributed by atoms with E-state index in [9.17, 15) is 9.18 Å². The highest BCUT2D eigenvalue weighted by Crippen LogP contribution is 2.26. The van der Waals surface area contributed by atoms with Gasteiger partial charge in [-0.25, -0.2) is 9.37 Å². The van der Waals surface area contributed by atoms with E-state index in [1.807, 2.05) is 29.8 Å². The Hall–Kier alpha value is -3.20. The third-order valence-corrected chi connectivity index (χ3v) is 4.98. The topological polar surface area (TPSA) is 124 Å². The summed E-state index contributed by atoms with van der Waals surface area (Å²) in [6, 6.07) is 6.65. The van der Waals surface area contributed by atoms with Crippen LogP contribution in [0.1, 0.15) is 43.5 Å². The zero-order chi connectivity index (χ0) is 21.7. The van der Waals surface area contributed by atoms with E-state index in [0.29, 0.717) is 12.2 Å². The van der Waals surface area contributed by atoms with Crippen molar-refractivity contribution in [1.82, 2.24) is 14.8 Å². The molecule has 1 amide bonds. The van der Waals surface area contributed by atoms with E-state index in [1.54, 1.807) is 6.20 Å². The minimum Gasteiger partial charge on any atom is -0.365 e. The fraction of sp³-hybridized carbons (Fsp3) is 0.381. The molecule has 9 heteroatoms. The number of anilines is 3. The van der Waals surface area contributed by atoms with Crippen molar-refractivity contribution in [3.8, 4) is 0 Å². The van der Waals surface area contributed by atoms with Crippen LogP contribution >= 0.6 is 0 Å². The molecule has 0 aliphatic carbocycles. The second-order valence-electron chi connectivity index (χ2n) is 7.16. The largest absolute Gasteiger partial charge is 0.365 e. The number of unbranched alkanes of at least 4 members (excludes halogenated alkanes) is 1. The third-order valence-electron chi connectivity index (χ3n) is 4.98. The van der Waals surface area contributed by atoms with E-state index in [-0.39, 0.29) is 23.2 Å². The quantitative estimate of drug-likeness (QED) is 0.404. The van der Waals surface area contributed by atoms with Gasteiger partial charge in [0.05, 0.1) is 17.3 Å². The van der Waals surface area contributed by atoms with Gasteiger partial charge < -0.3 is 22.1 Å². The molecule has 2 heterocycles. The molecule has 8 nitrogen and oxygen atoms in total. The fourth-order valence-electron chi connectivity index (χ4n) is 3.32. The minimum absolute atomic E-state index is 0.0275. The lowest BCUT2D eigenvalue weighted by atomic mass is 10.1. The average molecular weight is 414 g/mol. The summed E-state index contributed by atoms with van der Waals surface area (Å²) in [5.74, 6) is -1.20. The van der Waals surface area contributed by atoms with Crippen LogP contribution in [0, 0.1) is 5.82 Å². The van der Waals surface area contributed by atoms with Crippen LogP contribution in [0.15, 0.2) is 30.5 Å². The Morgan fingerprint density at radius 2 is 2.07 bits per heavy atom. The van der Waals surface area contributed by atoms with Gasteiger partial charge in [0.1, 0.15) is 5.82 Å². The highest BCUT2D eigenvalue weighted by atomic mass is 19.1. The van der Waals surface area contributed by atoms with Crippen molar-refractivity contribution >= 4 is 34.1 Å². The van der Waals surface area contributed by atoms with Crippen LogP contribution in [0.2, 0.25) is 0 Å². The molecular weight excluding hydrogens is 385 g/mol. The van der Waals surface area contributed by atoms with Gasteiger partial charge in [0.15, 0.2) is 11.6 Å². The number of carbonyl (C=O) groups is 1. The summed E-state index contributed by atoms with van der Waals surface area (Å²) in [5, 5.41) is 11.4. The number of aryl methyl sites for hydroxylation is 1. The molecule has 0 aliphatic rings. The van der Waals surface area contributed by atoms with Crippen LogP contribution in [-0.2, 0) is 6.54 Å². The van der Waals surface area contributed by atoms with Gasteiger partial charge in [0, 0.05) is 30.2 Å². The molecule has 0 bridgehead atoms. The summed E-state index contributed by atoms with van der Waals surface area (Å²) < 4.78 is 16.5. The van der Waals surface area contributed by atoms with Crippen molar-refractivity contribution in [2.45, 2.75) is 45.7 Å². The minimum atomic E-state index is -0.767. The van der Waals surface area contributed by atoms with E-state index < -0.39 is 11.7 Å². The molecule has 1 aromatic carbocycles. The Morgan fingerprint density at radius 3 is 2.73 bits per heavy atom. The van der Waals surface area contributed by atoms with Gasteiger partial charge in [-0.05, 0) is 37.6 Å².